The molecule has 0 aliphatic carbocycles. The van der Waals surface area contributed by atoms with Gasteiger partial charge in [0, 0.05) is 6.54 Å². The summed E-state index contributed by atoms with van der Waals surface area (Å²) in [4.78, 5) is 24.6. The maximum absolute atomic E-state index is 11.8. The molecular formula is C10H18N2O2. The van der Waals surface area contributed by atoms with Gasteiger partial charge in [-0.15, -0.1) is 0 Å². The number of hydrogen-bond acceptors (Lipinski definition) is 3. The Morgan fingerprint density at radius 1 is 1.64 bits per heavy atom. The molecule has 0 aromatic carbocycles. The molecule has 0 bridgehead atoms. The summed E-state index contributed by atoms with van der Waals surface area (Å²) in [7, 11) is 1.78. The highest BCUT2D eigenvalue weighted by Crippen LogP contribution is 2.20. The number of ketones is 1. The van der Waals surface area contributed by atoms with Crippen LogP contribution in [-0.4, -0.2) is 42.3 Å². The van der Waals surface area contributed by atoms with Crippen molar-refractivity contribution in [2.75, 3.05) is 13.6 Å². The first-order valence-corrected chi connectivity index (χ1v) is 4.97. The van der Waals surface area contributed by atoms with Crippen LogP contribution in [0.4, 0.5) is 0 Å². The summed E-state index contributed by atoms with van der Waals surface area (Å²) in [5.74, 6) is 0.360. The van der Waals surface area contributed by atoms with Crippen molar-refractivity contribution in [3.8, 4) is 0 Å². The lowest BCUT2D eigenvalue weighted by atomic mass is 10.1. The van der Waals surface area contributed by atoms with E-state index < -0.39 is 0 Å². The number of Topliss-reactive ketones (excluding diaryl/α,β-unsaturated/α-hetero) is 1. The summed E-state index contributed by atoms with van der Waals surface area (Å²) in [6.45, 7) is 6.00. The molecule has 1 heterocycles. The molecule has 3 atom stereocenters. The summed E-state index contributed by atoms with van der Waals surface area (Å²) in [6, 6.07) is -0.417. The Labute approximate surface area is 84.7 Å². The third kappa shape index (κ3) is 1.80. The average molecular weight is 198 g/mol. The molecule has 1 rings (SSSR count). The number of carbonyl (C=O) groups excluding carboxylic acids is 2. The summed E-state index contributed by atoms with van der Waals surface area (Å²) in [5.41, 5.74) is 0. The van der Waals surface area contributed by atoms with E-state index in [0.717, 1.165) is 0 Å². The van der Waals surface area contributed by atoms with Crippen LogP contribution in [0, 0.1) is 5.92 Å². The fourth-order valence-electron chi connectivity index (χ4n) is 1.90. The summed E-state index contributed by atoms with van der Waals surface area (Å²) in [6.07, 6.45) is 0. The minimum atomic E-state index is -0.289. The Hall–Kier alpha value is -0.900. The Morgan fingerprint density at radius 2 is 2.21 bits per heavy atom. The van der Waals surface area contributed by atoms with Gasteiger partial charge in [0.2, 0.25) is 5.91 Å². The lowest BCUT2D eigenvalue weighted by Gasteiger charge is -2.22. The lowest BCUT2D eigenvalue weighted by molar-refractivity contribution is -0.136. The van der Waals surface area contributed by atoms with Gasteiger partial charge in [-0.05, 0) is 26.8 Å². The molecule has 1 unspecified atom stereocenters. The van der Waals surface area contributed by atoms with Crippen molar-refractivity contribution in [3.63, 3.8) is 0 Å². The van der Waals surface area contributed by atoms with Crippen LogP contribution in [0.3, 0.4) is 0 Å². The largest absolute Gasteiger partial charge is 0.331 e. The van der Waals surface area contributed by atoms with Crippen LogP contribution in [0.2, 0.25) is 0 Å². The zero-order chi connectivity index (χ0) is 10.9. The van der Waals surface area contributed by atoms with Crippen LogP contribution in [0.5, 0.6) is 0 Å². The summed E-state index contributed by atoms with van der Waals surface area (Å²) < 4.78 is 0. The maximum atomic E-state index is 11.8. The Kier molecular flexibility index (Phi) is 3.26. The zero-order valence-electron chi connectivity index (χ0n) is 9.20. The van der Waals surface area contributed by atoms with Gasteiger partial charge in [-0.1, -0.05) is 6.92 Å². The number of hydrogen-bond donors (Lipinski definition) is 1. The second-order valence-electron chi connectivity index (χ2n) is 4.02. The fraction of sp³-hybridized carbons (Fsp3) is 0.800. The van der Waals surface area contributed by atoms with Gasteiger partial charge < -0.3 is 10.2 Å². The van der Waals surface area contributed by atoms with E-state index in [-0.39, 0.29) is 29.7 Å². The molecule has 1 aliphatic rings. The van der Waals surface area contributed by atoms with E-state index in [1.165, 1.54) is 6.92 Å². The summed E-state index contributed by atoms with van der Waals surface area (Å²) in [5, 5.41) is 2.98. The van der Waals surface area contributed by atoms with Gasteiger partial charge in [0.1, 0.15) is 0 Å². The van der Waals surface area contributed by atoms with Gasteiger partial charge >= 0.3 is 0 Å². The van der Waals surface area contributed by atoms with Gasteiger partial charge in [0.15, 0.2) is 5.78 Å². The molecule has 1 fully saturated rings. The zero-order valence-corrected chi connectivity index (χ0v) is 9.20. The molecule has 1 N–H and O–H groups in total. The highest BCUT2D eigenvalue weighted by atomic mass is 16.2. The Balaban J connectivity index is 2.75. The van der Waals surface area contributed by atoms with Gasteiger partial charge in [-0.3, -0.25) is 9.59 Å². The number of rotatable bonds is 3. The highest BCUT2D eigenvalue weighted by Gasteiger charge is 2.39. The molecule has 14 heavy (non-hydrogen) atoms. The molecule has 0 radical (unpaired) electrons. The minimum absolute atomic E-state index is 0.0438. The number of amides is 1. The molecule has 0 aromatic heterocycles. The number of carbonyl (C=O) groups is 2. The van der Waals surface area contributed by atoms with Crippen LogP contribution in [0.15, 0.2) is 0 Å². The van der Waals surface area contributed by atoms with Crippen LogP contribution in [0.1, 0.15) is 20.8 Å². The van der Waals surface area contributed by atoms with Crippen molar-refractivity contribution in [1.29, 1.82) is 0 Å². The molecule has 0 saturated carbocycles. The van der Waals surface area contributed by atoms with Crippen molar-refractivity contribution in [1.82, 2.24) is 10.2 Å². The van der Waals surface area contributed by atoms with E-state index in [0.29, 0.717) is 6.54 Å². The van der Waals surface area contributed by atoms with Crippen LogP contribution in [-0.2, 0) is 9.59 Å². The van der Waals surface area contributed by atoms with E-state index in [1.807, 2.05) is 6.92 Å². The molecule has 1 saturated heterocycles. The monoisotopic (exact) mass is 198 g/mol. The smallest absolute Gasteiger partial charge is 0.240 e. The van der Waals surface area contributed by atoms with Crippen LogP contribution < -0.4 is 5.32 Å². The molecule has 80 valence electrons. The van der Waals surface area contributed by atoms with E-state index >= 15 is 0 Å². The SMILES string of the molecule is CN[C@@H]1C(=O)N(C(C)C(C)=O)C[C@@H]1C. The molecule has 1 aliphatic heterocycles. The minimum Gasteiger partial charge on any atom is -0.331 e. The van der Waals surface area contributed by atoms with E-state index in [2.05, 4.69) is 5.32 Å². The normalized spacial score (nSPS) is 29.4. The third-order valence-corrected chi connectivity index (χ3v) is 2.97. The second-order valence-corrected chi connectivity index (χ2v) is 4.02. The topological polar surface area (TPSA) is 49.4 Å². The first-order valence-electron chi connectivity index (χ1n) is 4.97. The van der Waals surface area contributed by atoms with Crippen molar-refractivity contribution in [2.24, 2.45) is 5.92 Å². The summed E-state index contributed by atoms with van der Waals surface area (Å²) >= 11 is 0. The molecule has 0 spiro atoms. The number of nitrogens with one attached hydrogen (secondary N) is 1. The number of likely N-dealkylation sites (N-methyl/N-ethyl adjacent to an activating group) is 1. The van der Waals surface area contributed by atoms with E-state index in [4.69, 9.17) is 0 Å². The van der Waals surface area contributed by atoms with Gasteiger partial charge in [-0.25, -0.2) is 0 Å². The molecule has 1 amide bonds. The highest BCUT2D eigenvalue weighted by molar-refractivity contribution is 5.91. The van der Waals surface area contributed by atoms with Crippen LogP contribution >= 0.6 is 0 Å². The lowest BCUT2D eigenvalue weighted by Crippen LogP contribution is -2.43. The van der Waals surface area contributed by atoms with Crippen molar-refractivity contribution < 1.29 is 9.59 Å². The molecule has 0 aromatic rings. The van der Waals surface area contributed by atoms with Crippen molar-refractivity contribution in [2.45, 2.75) is 32.9 Å². The Bertz CT molecular complexity index is 253. The average Bonchev–Trinajstić information content (AvgIpc) is 2.40. The molecule has 4 nitrogen and oxygen atoms in total. The number of likely N-dealkylation sites (tertiary alicyclic amines) is 1. The maximum Gasteiger partial charge on any atom is 0.240 e. The fourth-order valence-corrected chi connectivity index (χ4v) is 1.90. The quantitative estimate of drug-likeness (QED) is 0.696. The Morgan fingerprint density at radius 3 is 2.57 bits per heavy atom. The predicted molar refractivity (Wildman–Crippen MR) is 53.9 cm³/mol. The van der Waals surface area contributed by atoms with Gasteiger partial charge in [0.05, 0.1) is 12.1 Å². The van der Waals surface area contributed by atoms with Crippen molar-refractivity contribution in [3.05, 3.63) is 0 Å². The van der Waals surface area contributed by atoms with E-state index in [9.17, 15) is 9.59 Å². The van der Waals surface area contributed by atoms with E-state index in [1.54, 1.807) is 18.9 Å². The van der Waals surface area contributed by atoms with Crippen LogP contribution in [0.25, 0.3) is 0 Å². The van der Waals surface area contributed by atoms with Gasteiger partial charge in [-0.2, -0.15) is 0 Å². The second kappa shape index (κ2) is 4.09. The predicted octanol–water partition coefficient (Wildman–Crippen LogP) is 0.0302. The number of nitrogens with zero attached hydrogens (tertiary/aromatic N) is 1. The first-order chi connectivity index (χ1) is 6.49. The third-order valence-electron chi connectivity index (χ3n) is 2.97. The van der Waals surface area contributed by atoms with Gasteiger partial charge in [0.25, 0.3) is 0 Å². The molecule has 4 heteroatoms. The van der Waals surface area contributed by atoms with Crippen molar-refractivity contribution >= 4 is 11.7 Å². The molecular weight excluding hydrogens is 180 g/mol. The first kappa shape index (κ1) is 11.2. The standard InChI is InChI=1S/C10H18N2O2/c1-6-5-12(7(2)8(3)13)10(14)9(6)11-4/h6-7,9,11H,5H2,1-4H3/t6-,7?,9-/m0/s1.